The summed E-state index contributed by atoms with van der Waals surface area (Å²) < 4.78 is 5.43. The van der Waals surface area contributed by atoms with Crippen LogP contribution in [0.15, 0.2) is 72.3 Å². The molecule has 3 rings (SSSR count). The highest BCUT2D eigenvalue weighted by Gasteiger charge is 2.18. The Morgan fingerprint density at radius 3 is 2.00 bits per heavy atom. The van der Waals surface area contributed by atoms with Crippen LogP contribution in [0.25, 0.3) is 5.57 Å². The molecule has 40 heavy (non-hydrogen) atoms. The number of hydrogen-bond acceptors (Lipinski definition) is 3. The maximum Gasteiger partial charge on any atom is 0.165 e. The Balaban J connectivity index is 0.000000506. The maximum absolute atomic E-state index is 12.8. The molecule has 3 aromatic carbocycles. The van der Waals surface area contributed by atoms with E-state index in [1.54, 1.807) is 31.4 Å². The van der Waals surface area contributed by atoms with Crippen LogP contribution in [-0.4, -0.2) is 19.2 Å². The van der Waals surface area contributed by atoms with Gasteiger partial charge in [-0.3, -0.25) is 9.59 Å². The zero-order valence-electron chi connectivity index (χ0n) is 25.6. The number of ketones is 1. The molecule has 0 aromatic heterocycles. The number of ether oxygens (including phenoxy) is 1. The van der Waals surface area contributed by atoms with Crippen LogP contribution in [0.2, 0.25) is 5.02 Å². The fourth-order valence-corrected chi connectivity index (χ4v) is 4.23. The van der Waals surface area contributed by atoms with E-state index in [0.717, 1.165) is 36.9 Å². The standard InChI is InChI=1S/C25H32O2.C7H5ClO.C4H10/c1-7-8-23(24-16-22(27-6)14-11-18(24)3)19(4)15-20(5)25(26)21-12-9-17(2)10-13-21;8-7-3-1-6(5-9)2-4-7;1-3-4-2/h9-14,16,20H,7-8,15H2,1-6H3;1-5H;3-4H2,1-2H3/b23-19-;;/t20-;;/m0../s1. The van der Waals surface area contributed by atoms with Crippen molar-refractivity contribution in [2.24, 2.45) is 5.92 Å². The number of carbonyl (C=O) groups is 2. The molecular weight excluding hydrogens is 516 g/mol. The van der Waals surface area contributed by atoms with Crippen molar-refractivity contribution in [3.63, 3.8) is 0 Å². The monoisotopic (exact) mass is 562 g/mol. The van der Waals surface area contributed by atoms with Crippen LogP contribution >= 0.6 is 11.6 Å². The van der Waals surface area contributed by atoms with Gasteiger partial charge < -0.3 is 4.74 Å². The lowest BCUT2D eigenvalue weighted by molar-refractivity contribution is 0.0929. The molecule has 3 aromatic rings. The van der Waals surface area contributed by atoms with Crippen molar-refractivity contribution in [2.75, 3.05) is 7.11 Å². The second-order valence-electron chi connectivity index (χ2n) is 10.2. The van der Waals surface area contributed by atoms with Crippen LogP contribution < -0.4 is 4.74 Å². The van der Waals surface area contributed by atoms with Crippen LogP contribution in [0.5, 0.6) is 5.75 Å². The van der Waals surface area contributed by atoms with E-state index in [1.165, 1.54) is 40.7 Å². The topological polar surface area (TPSA) is 43.4 Å². The minimum Gasteiger partial charge on any atom is -0.497 e. The number of methoxy groups -OCH3 is 1. The van der Waals surface area contributed by atoms with Crippen molar-refractivity contribution >= 4 is 29.2 Å². The van der Waals surface area contributed by atoms with Gasteiger partial charge in [-0.1, -0.05) is 112 Å². The normalized spacial score (nSPS) is 11.6. The molecular formula is C36H47ClO3. The number of unbranched alkanes of at least 4 members (excludes halogenated alkanes) is 1. The number of Topliss-reactive ketones (excluding diaryl/α,β-unsaturated/α-hetero) is 1. The summed E-state index contributed by atoms with van der Waals surface area (Å²) in [6, 6.07) is 20.8. The molecule has 216 valence electrons. The molecule has 0 unspecified atom stereocenters. The minimum atomic E-state index is -0.0366. The number of halogens is 1. The van der Waals surface area contributed by atoms with Crippen LogP contribution in [0.1, 0.15) is 104 Å². The quantitative estimate of drug-likeness (QED) is 0.182. The summed E-state index contributed by atoms with van der Waals surface area (Å²) in [7, 11) is 1.70. The van der Waals surface area contributed by atoms with E-state index in [4.69, 9.17) is 16.3 Å². The first-order valence-corrected chi connectivity index (χ1v) is 14.6. The molecule has 0 radical (unpaired) electrons. The Morgan fingerprint density at radius 2 is 1.50 bits per heavy atom. The molecule has 0 aliphatic rings. The van der Waals surface area contributed by atoms with Crippen LogP contribution in [-0.2, 0) is 0 Å². The summed E-state index contributed by atoms with van der Waals surface area (Å²) >= 11 is 5.55. The van der Waals surface area contributed by atoms with Crippen molar-refractivity contribution in [2.45, 2.75) is 80.6 Å². The van der Waals surface area contributed by atoms with Gasteiger partial charge in [-0.2, -0.15) is 0 Å². The highest BCUT2D eigenvalue weighted by Crippen LogP contribution is 2.32. The maximum atomic E-state index is 12.8. The van der Waals surface area contributed by atoms with Gasteiger partial charge in [-0.15, -0.1) is 0 Å². The number of aldehydes is 1. The molecule has 0 saturated heterocycles. The second kappa shape index (κ2) is 19.0. The van der Waals surface area contributed by atoms with Gasteiger partial charge in [-0.25, -0.2) is 0 Å². The zero-order chi connectivity index (χ0) is 30.1. The van der Waals surface area contributed by atoms with E-state index in [2.05, 4.69) is 46.8 Å². The molecule has 0 amide bonds. The fourth-order valence-electron chi connectivity index (χ4n) is 4.10. The van der Waals surface area contributed by atoms with E-state index in [0.29, 0.717) is 10.6 Å². The van der Waals surface area contributed by atoms with E-state index in [1.807, 2.05) is 44.2 Å². The molecule has 0 bridgehead atoms. The van der Waals surface area contributed by atoms with E-state index >= 15 is 0 Å². The van der Waals surface area contributed by atoms with Crippen molar-refractivity contribution in [3.05, 3.63) is 105 Å². The SMILES string of the molecule is CCC/C(=C(\C)C[C@H](C)C(=O)c1ccc(C)cc1)c1cc(OC)ccc1C.CCCC.O=Cc1ccc(Cl)cc1. The lowest BCUT2D eigenvalue weighted by Gasteiger charge is -2.18. The van der Waals surface area contributed by atoms with Crippen molar-refractivity contribution in [1.29, 1.82) is 0 Å². The number of allylic oxidation sites excluding steroid dienone is 2. The number of aryl methyl sites for hydroxylation is 2. The smallest absolute Gasteiger partial charge is 0.165 e. The molecule has 3 nitrogen and oxygen atoms in total. The second-order valence-corrected chi connectivity index (χ2v) is 10.6. The zero-order valence-corrected chi connectivity index (χ0v) is 26.4. The van der Waals surface area contributed by atoms with Crippen LogP contribution in [0.4, 0.5) is 0 Å². The Hall–Kier alpha value is -3.17. The van der Waals surface area contributed by atoms with Crippen molar-refractivity contribution in [1.82, 2.24) is 0 Å². The summed E-state index contributed by atoms with van der Waals surface area (Å²) in [5.74, 6) is 1.05. The number of hydrogen-bond donors (Lipinski definition) is 0. The average Bonchev–Trinajstić information content (AvgIpc) is 2.97. The van der Waals surface area contributed by atoms with Gasteiger partial charge in [0.05, 0.1) is 7.11 Å². The number of rotatable bonds is 10. The molecule has 4 heteroatoms. The lowest BCUT2D eigenvalue weighted by Crippen LogP contribution is -2.12. The fraction of sp³-hybridized carbons (Fsp3) is 0.389. The van der Waals surface area contributed by atoms with Crippen molar-refractivity contribution in [3.8, 4) is 5.75 Å². The first-order valence-electron chi connectivity index (χ1n) is 14.3. The lowest BCUT2D eigenvalue weighted by atomic mass is 9.87. The third kappa shape index (κ3) is 11.9. The van der Waals surface area contributed by atoms with E-state index in [9.17, 15) is 9.59 Å². The van der Waals surface area contributed by atoms with Gasteiger partial charge in [0.2, 0.25) is 0 Å². The van der Waals surface area contributed by atoms with Crippen molar-refractivity contribution < 1.29 is 14.3 Å². The summed E-state index contributed by atoms with van der Waals surface area (Å²) in [5, 5.41) is 0.653. The summed E-state index contributed by atoms with van der Waals surface area (Å²) in [6.45, 7) is 14.9. The predicted octanol–water partition coefficient (Wildman–Crippen LogP) is 10.8. The Bertz CT molecular complexity index is 1210. The molecule has 0 saturated carbocycles. The van der Waals surface area contributed by atoms with Gasteiger partial charge >= 0.3 is 0 Å². The predicted molar refractivity (Wildman–Crippen MR) is 172 cm³/mol. The van der Waals surface area contributed by atoms with Crippen LogP contribution in [0, 0.1) is 19.8 Å². The molecule has 0 N–H and O–H groups in total. The molecule has 0 heterocycles. The third-order valence-electron chi connectivity index (χ3n) is 6.69. The molecule has 0 spiro atoms. The van der Waals surface area contributed by atoms with Crippen LogP contribution in [0.3, 0.4) is 0 Å². The Morgan fingerprint density at radius 1 is 0.900 bits per heavy atom. The number of carbonyl (C=O) groups excluding carboxylic acids is 2. The Labute approximate surface area is 247 Å². The molecule has 0 aliphatic carbocycles. The highest BCUT2D eigenvalue weighted by atomic mass is 35.5. The first-order chi connectivity index (χ1) is 19.1. The van der Waals surface area contributed by atoms with Gasteiger partial charge in [0.1, 0.15) is 12.0 Å². The Kier molecular flexibility index (Phi) is 16.6. The first kappa shape index (κ1) is 34.9. The van der Waals surface area contributed by atoms with Gasteiger partial charge in [0, 0.05) is 22.1 Å². The van der Waals surface area contributed by atoms with E-state index < -0.39 is 0 Å². The summed E-state index contributed by atoms with van der Waals surface area (Å²) in [6.07, 6.45) is 6.28. The third-order valence-corrected chi connectivity index (χ3v) is 6.94. The minimum absolute atomic E-state index is 0.0366. The largest absolute Gasteiger partial charge is 0.497 e. The molecule has 1 atom stereocenters. The van der Waals surface area contributed by atoms with Gasteiger partial charge in [0.15, 0.2) is 5.78 Å². The molecule has 0 aliphatic heterocycles. The number of benzene rings is 3. The highest BCUT2D eigenvalue weighted by molar-refractivity contribution is 6.30. The van der Waals surface area contributed by atoms with Gasteiger partial charge in [-0.05, 0) is 74.6 Å². The van der Waals surface area contributed by atoms with Gasteiger partial charge in [0.25, 0.3) is 0 Å². The van der Waals surface area contributed by atoms with E-state index in [-0.39, 0.29) is 11.7 Å². The summed E-state index contributed by atoms with van der Waals surface area (Å²) in [5.41, 5.74) is 7.75. The summed E-state index contributed by atoms with van der Waals surface area (Å²) in [4.78, 5) is 22.9. The molecule has 0 fully saturated rings. The average molecular weight is 563 g/mol.